The van der Waals surface area contributed by atoms with Gasteiger partial charge in [0.1, 0.15) is 5.82 Å². The van der Waals surface area contributed by atoms with Gasteiger partial charge in [0.2, 0.25) is 5.91 Å². The molecule has 25 heavy (non-hydrogen) atoms. The molecule has 0 aliphatic heterocycles. The summed E-state index contributed by atoms with van der Waals surface area (Å²) in [5, 5.41) is 2.52. The lowest BCUT2D eigenvalue weighted by Crippen LogP contribution is -2.29. The van der Waals surface area contributed by atoms with Crippen LogP contribution in [0.3, 0.4) is 0 Å². The summed E-state index contributed by atoms with van der Waals surface area (Å²) in [5.74, 6) is -1.60. The number of carbonyl (C=O) groups excluding carboxylic acids is 1. The average Bonchev–Trinajstić information content (AvgIpc) is 2.55. The van der Waals surface area contributed by atoms with Crippen LogP contribution in [0.2, 0.25) is 0 Å². The van der Waals surface area contributed by atoms with Crippen LogP contribution in [0.1, 0.15) is 36.0 Å². The molecule has 7 heteroatoms. The Morgan fingerprint density at radius 2 is 1.80 bits per heavy atom. The van der Waals surface area contributed by atoms with E-state index in [0.29, 0.717) is 12.5 Å². The Morgan fingerprint density at radius 1 is 1.16 bits per heavy atom. The molecule has 1 N–H and O–H groups in total. The minimum atomic E-state index is -4.56. The highest BCUT2D eigenvalue weighted by Crippen LogP contribution is 2.30. The molecular weight excluding hydrogens is 402 g/mol. The third-order valence-corrected chi connectivity index (χ3v) is 4.35. The molecule has 2 nitrogen and oxygen atoms in total. The summed E-state index contributed by atoms with van der Waals surface area (Å²) in [6.45, 7) is 1.53. The fraction of sp³-hybridized carbons (Fsp3) is 0.278. The van der Waals surface area contributed by atoms with Crippen LogP contribution in [0.25, 0.3) is 0 Å². The predicted molar refractivity (Wildman–Crippen MR) is 90.4 cm³/mol. The van der Waals surface area contributed by atoms with E-state index >= 15 is 0 Å². The zero-order valence-corrected chi connectivity index (χ0v) is 14.9. The summed E-state index contributed by atoms with van der Waals surface area (Å²) in [5.41, 5.74) is -0.361. The van der Waals surface area contributed by atoms with Crippen molar-refractivity contribution >= 4 is 21.8 Å². The Hall–Kier alpha value is -1.89. The number of halogens is 5. The molecule has 1 unspecified atom stereocenters. The fourth-order valence-corrected chi connectivity index (χ4v) is 2.72. The van der Waals surface area contributed by atoms with E-state index in [0.717, 1.165) is 22.2 Å². The Morgan fingerprint density at radius 3 is 2.36 bits per heavy atom. The van der Waals surface area contributed by atoms with Gasteiger partial charge in [-0.2, -0.15) is 13.2 Å². The van der Waals surface area contributed by atoms with E-state index in [1.807, 2.05) is 6.92 Å². The normalized spacial score (nSPS) is 12.7. The predicted octanol–water partition coefficient (Wildman–Crippen LogP) is 5.42. The highest BCUT2D eigenvalue weighted by Gasteiger charge is 2.31. The molecule has 0 aliphatic carbocycles. The molecule has 0 aliphatic rings. The first-order chi connectivity index (χ1) is 11.7. The molecule has 0 saturated heterocycles. The number of hydrogen-bond acceptors (Lipinski definition) is 1. The molecule has 0 fully saturated rings. The molecule has 0 aromatic heterocycles. The average molecular weight is 418 g/mol. The minimum absolute atomic E-state index is 0.200. The number of alkyl halides is 3. The quantitative estimate of drug-likeness (QED) is 0.646. The van der Waals surface area contributed by atoms with Gasteiger partial charge in [0.25, 0.3) is 0 Å². The van der Waals surface area contributed by atoms with Gasteiger partial charge < -0.3 is 5.32 Å². The van der Waals surface area contributed by atoms with E-state index in [1.54, 1.807) is 24.3 Å². The molecule has 1 atom stereocenters. The maximum Gasteiger partial charge on any atom is 0.416 e. The molecule has 134 valence electrons. The summed E-state index contributed by atoms with van der Waals surface area (Å²) < 4.78 is 52.8. The van der Waals surface area contributed by atoms with Crippen LogP contribution in [-0.4, -0.2) is 5.91 Å². The van der Waals surface area contributed by atoms with Crippen LogP contribution in [-0.2, 0) is 17.5 Å². The molecule has 1 amide bonds. The zero-order chi connectivity index (χ0) is 18.6. The second-order valence-corrected chi connectivity index (χ2v) is 6.45. The third kappa shape index (κ3) is 5.04. The van der Waals surface area contributed by atoms with E-state index in [-0.39, 0.29) is 18.0 Å². The zero-order valence-electron chi connectivity index (χ0n) is 13.3. The van der Waals surface area contributed by atoms with Crippen LogP contribution in [0.15, 0.2) is 46.9 Å². The molecule has 2 aromatic carbocycles. The van der Waals surface area contributed by atoms with Crippen LogP contribution in [0, 0.1) is 5.82 Å². The number of amides is 1. The molecule has 0 radical (unpaired) electrons. The van der Waals surface area contributed by atoms with Crippen molar-refractivity contribution in [1.29, 1.82) is 0 Å². The summed E-state index contributed by atoms with van der Waals surface area (Å²) in [6.07, 6.45) is -4.05. The number of hydrogen-bond donors (Lipinski definition) is 1. The van der Waals surface area contributed by atoms with Crippen LogP contribution in [0.4, 0.5) is 17.6 Å². The third-order valence-electron chi connectivity index (χ3n) is 3.82. The van der Waals surface area contributed by atoms with E-state index in [1.165, 1.54) is 0 Å². The summed E-state index contributed by atoms with van der Waals surface area (Å²) >= 11 is 3.31. The Kier molecular flexibility index (Phi) is 6.21. The largest absolute Gasteiger partial charge is 0.416 e. The number of rotatable bonds is 5. The SMILES string of the molecule is CCC(C(=O)NCc1cc(C(F)(F)F)ccc1F)c1ccc(Br)cc1. The van der Waals surface area contributed by atoms with Gasteiger partial charge in [-0.25, -0.2) is 4.39 Å². The number of carbonyl (C=O) groups is 1. The summed E-state index contributed by atoms with van der Waals surface area (Å²) in [6, 6.07) is 9.35. The Labute approximate surface area is 151 Å². The summed E-state index contributed by atoms with van der Waals surface area (Å²) in [4.78, 5) is 12.4. The van der Waals surface area contributed by atoms with Crippen LogP contribution in [0.5, 0.6) is 0 Å². The molecule has 0 spiro atoms. The van der Waals surface area contributed by atoms with Crippen molar-refractivity contribution in [2.24, 2.45) is 0 Å². The van der Waals surface area contributed by atoms with Crippen molar-refractivity contribution in [2.45, 2.75) is 32.0 Å². The number of benzene rings is 2. The molecule has 0 bridgehead atoms. The topological polar surface area (TPSA) is 29.1 Å². The Balaban J connectivity index is 2.12. The molecule has 0 heterocycles. The molecular formula is C18H16BrF4NO. The van der Waals surface area contributed by atoms with Crippen molar-refractivity contribution < 1.29 is 22.4 Å². The van der Waals surface area contributed by atoms with Crippen LogP contribution >= 0.6 is 15.9 Å². The van der Waals surface area contributed by atoms with E-state index < -0.39 is 23.5 Å². The fourth-order valence-electron chi connectivity index (χ4n) is 2.46. The van der Waals surface area contributed by atoms with Gasteiger partial charge in [-0.05, 0) is 42.3 Å². The second kappa shape index (κ2) is 7.99. The van der Waals surface area contributed by atoms with Crippen LogP contribution < -0.4 is 5.32 Å². The first-order valence-electron chi connectivity index (χ1n) is 7.61. The van der Waals surface area contributed by atoms with Gasteiger partial charge in [-0.3, -0.25) is 4.79 Å². The van der Waals surface area contributed by atoms with Gasteiger partial charge in [0.15, 0.2) is 0 Å². The van der Waals surface area contributed by atoms with Crippen molar-refractivity contribution in [1.82, 2.24) is 5.32 Å². The van der Waals surface area contributed by atoms with Gasteiger partial charge >= 0.3 is 6.18 Å². The Bertz CT molecular complexity index is 744. The lowest BCUT2D eigenvalue weighted by Gasteiger charge is -2.16. The molecule has 2 rings (SSSR count). The first-order valence-corrected chi connectivity index (χ1v) is 8.40. The van der Waals surface area contributed by atoms with Crippen molar-refractivity contribution in [3.05, 3.63) is 69.4 Å². The van der Waals surface area contributed by atoms with E-state index in [9.17, 15) is 22.4 Å². The number of nitrogens with one attached hydrogen (secondary N) is 1. The standard InChI is InChI=1S/C18H16BrF4NO/c1-2-15(11-3-6-14(19)7-4-11)17(25)24-10-12-9-13(18(21,22)23)5-8-16(12)20/h3-9,15H,2,10H2,1H3,(H,24,25). The van der Waals surface area contributed by atoms with E-state index in [2.05, 4.69) is 21.2 Å². The smallest absolute Gasteiger partial charge is 0.351 e. The lowest BCUT2D eigenvalue weighted by atomic mass is 9.95. The van der Waals surface area contributed by atoms with E-state index in [4.69, 9.17) is 0 Å². The first kappa shape index (κ1) is 19.4. The van der Waals surface area contributed by atoms with Gasteiger partial charge in [0.05, 0.1) is 11.5 Å². The van der Waals surface area contributed by atoms with Gasteiger partial charge in [-0.15, -0.1) is 0 Å². The lowest BCUT2D eigenvalue weighted by molar-refractivity contribution is -0.137. The van der Waals surface area contributed by atoms with Gasteiger partial charge in [0, 0.05) is 16.6 Å². The van der Waals surface area contributed by atoms with Crippen molar-refractivity contribution in [3.8, 4) is 0 Å². The van der Waals surface area contributed by atoms with Gasteiger partial charge in [-0.1, -0.05) is 35.0 Å². The summed E-state index contributed by atoms with van der Waals surface area (Å²) in [7, 11) is 0. The van der Waals surface area contributed by atoms with Crippen molar-refractivity contribution in [2.75, 3.05) is 0 Å². The second-order valence-electron chi connectivity index (χ2n) is 5.53. The molecule has 2 aromatic rings. The highest BCUT2D eigenvalue weighted by molar-refractivity contribution is 9.10. The molecule has 0 saturated carbocycles. The maximum absolute atomic E-state index is 13.7. The highest BCUT2D eigenvalue weighted by atomic mass is 79.9. The minimum Gasteiger partial charge on any atom is -0.351 e. The monoisotopic (exact) mass is 417 g/mol. The maximum atomic E-state index is 13.7. The van der Waals surface area contributed by atoms with Crippen molar-refractivity contribution in [3.63, 3.8) is 0 Å².